The van der Waals surface area contributed by atoms with Gasteiger partial charge in [-0.3, -0.25) is 0 Å². The molecule has 19 aromatic rings. The van der Waals surface area contributed by atoms with Crippen LogP contribution in [0.1, 0.15) is 0 Å². The van der Waals surface area contributed by atoms with E-state index in [2.05, 4.69) is 395 Å². The maximum atomic E-state index is 2.61. The summed E-state index contributed by atoms with van der Waals surface area (Å²) < 4.78 is 5.22. The first kappa shape index (κ1) is 55.7. The van der Waals surface area contributed by atoms with Gasteiger partial charge in [0.2, 0.25) is 0 Å². The molecule has 0 atom stereocenters. The number of benzene rings is 15. The van der Waals surface area contributed by atoms with E-state index in [1.807, 2.05) is 0 Å². The van der Waals surface area contributed by atoms with Crippen molar-refractivity contribution in [2.24, 2.45) is 0 Å². The summed E-state index contributed by atoms with van der Waals surface area (Å²) in [6.07, 6.45) is 0. The molecule has 0 aliphatic carbocycles. The van der Waals surface area contributed by atoms with Crippen LogP contribution in [-0.4, -0.2) is 16.9 Å². The van der Waals surface area contributed by atoms with Crippen LogP contribution in [0.15, 0.2) is 396 Å². The average molecular weight is 1260 g/mol. The van der Waals surface area contributed by atoms with E-state index in [-0.39, 0.29) is 0 Å². The smallest absolute Gasteiger partial charge is 0.179 e. The highest BCUT2D eigenvalue weighted by Crippen LogP contribution is 2.74. The number of rotatable bonds is 14. The molecule has 0 radical (unpaired) electrons. The molecule has 0 fully saturated rings. The highest BCUT2D eigenvalue weighted by atomic mass is 32.3. The fourth-order valence-corrected chi connectivity index (χ4v) is 24.9. The van der Waals surface area contributed by atoms with Gasteiger partial charge in [-0.05, 0) is 154 Å². The lowest BCUT2D eigenvalue weighted by Crippen LogP contribution is -2.74. The molecule has 0 bridgehead atoms. The summed E-state index contributed by atoms with van der Waals surface area (Å²) >= 11 is 0. The molecular weight excluding hydrogens is 1200 g/mol. The van der Waals surface area contributed by atoms with Crippen molar-refractivity contribution >= 4 is 149 Å². The zero-order valence-electron chi connectivity index (χ0n) is 52.5. The Hall–Kier alpha value is -11.9. The van der Waals surface area contributed by atoms with Crippen LogP contribution in [0.25, 0.3) is 76.2 Å². The summed E-state index contributed by atoms with van der Waals surface area (Å²) in [6.45, 7) is 0. The molecule has 6 heteroatoms. The van der Waals surface area contributed by atoms with Crippen molar-refractivity contribution in [1.29, 1.82) is 0 Å². The summed E-state index contributed by atoms with van der Waals surface area (Å²) in [6, 6.07) is 141. The van der Waals surface area contributed by atoms with E-state index < -0.39 is 18.1 Å². The van der Waals surface area contributed by atoms with Gasteiger partial charge in [-0.15, -0.1) is 10.0 Å². The highest BCUT2D eigenvalue weighted by Gasteiger charge is 2.42. The third-order valence-corrected chi connectivity index (χ3v) is 28.8. The minimum absolute atomic E-state index is 1.10. The van der Waals surface area contributed by atoms with E-state index in [9.17, 15) is 0 Å². The minimum atomic E-state index is -2.98. The van der Waals surface area contributed by atoms with Crippen molar-refractivity contribution in [2.75, 3.05) is 9.80 Å². The number of para-hydroxylation sites is 4. The van der Waals surface area contributed by atoms with Crippen molar-refractivity contribution in [1.82, 2.24) is 8.80 Å². The Balaban J connectivity index is 0.942. The minimum Gasteiger partial charge on any atom is -0.310 e. The lowest BCUT2D eigenvalue weighted by atomic mass is 10.0. The van der Waals surface area contributed by atoms with Gasteiger partial charge >= 0.3 is 0 Å². The van der Waals surface area contributed by atoms with Crippen LogP contribution in [0.4, 0.5) is 34.1 Å². The monoisotopic (exact) mass is 1260 g/mol. The zero-order valence-corrected chi connectivity index (χ0v) is 54.3. The molecule has 0 N–H and O–H groups in total. The Morgan fingerprint density at radius 1 is 0.219 bits per heavy atom. The number of hydrogen-bond acceptors (Lipinski definition) is 2. The van der Waals surface area contributed by atoms with Crippen LogP contribution < -0.4 is 30.5 Å². The van der Waals surface area contributed by atoms with E-state index in [1.54, 1.807) is 0 Å². The van der Waals surface area contributed by atoms with E-state index in [1.165, 1.54) is 117 Å². The molecule has 0 aliphatic rings. The third-order valence-electron chi connectivity index (χ3n) is 20.2. The topological polar surface area (TPSA) is 15.3 Å². The van der Waals surface area contributed by atoms with Gasteiger partial charge in [0.05, 0.1) is 44.5 Å². The first-order valence-corrected chi connectivity index (χ1v) is 36.7. The maximum Gasteiger partial charge on any atom is 0.179 e. The molecule has 0 spiro atoms. The molecule has 0 saturated carbocycles. The van der Waals surface area contributed by atoms with Crippen molar-refractivity contribution in [3.8, 4) is 0 Å². The number of nitrogens with zero attached hydrogens (tertiary/aromatic N) is 4. The van der Waals surface area contributed by atoms with Gasteiger partial charge in [-0.1, -0.05) is 243 Å². The second-order valence-corrected chi connectivity index (χ2v) is 32.0. The second-order valence-electron chi connectivity index (χ2n) is 25.1. The molecule has 19 rings (SSSR count). The third kappa shape index (κ3) is 8.23. The standard InChI is InChI=1S/C90H62N4SSi/c1-11-31-63(32-12-1)91(64-33-13-2-14-34-64)83-57-53-75-77-62-86-78(61-85(77)93-81-55-51-70(59-79(81)87(83)89(75)93)95(67-39-19-5-20-40-67,68-41-21-6-22-42-68)69-43-23-7-24-44-69)76-54-58-84(92(65-35-15-3-16-36-65)66-37-17-4-18-38-66)88-80-60-74(52-56-82(80)94(86)90(76)88)96(71-45-25-8-26-46-71,72-47-27-9-28-48-72)73-49-29-10-30-50-73/h1-62H. The Morgan fingerprint density at radius 2 is 0.531 bits per heavy atom. The molecule has 0 unspecified atom stereocenters. The molecule has 0 aliphatic heterocycles. The maximum absolute atomic E-state index is 2.98. The number of fused-ring (bicyclic) bond motifs is 12. The summed E-state index contributed by atoms with van der Waals surface area (Å²) in [5, 5.41) is 15.1. The quantitative estimate of drug-likeness (QED) is 0.0796. The fourth-order valence-electron chi connectivity index (χ4n) is 16.3. The molecule has 4 heterocycles. The molecule has 0 amide bonds. The van der Waals surface area contributed by atoms with Crippen LogP contribution in [0.2, 0.25) is 0 Å². The fraction of sp³-hybridized carbons (Fsp3) is 0. The SMILES string of the molecule is c1ccc(N(c2ccccc2)c2ccc3c4cc5c(cc4n4c6ccc([Si](c7ccccc7)(c7ccccc7)c7ccccc7)cc6c2c34)c2ccc(N(c3ccccc3)c3ccccc3)c3c4cc(S(c6ccccc6)(c6ccccc6)c6ccccc6)ccc4n5c23)cc1. The molecular formula is C90H62N4SSi. The van der Waals surface area contributed by atoms with Gasteiger partial charge in [0, 0.05) is 85.4 Å². The van der Waals surface area contributed by atoms with E-state index >= 15 is 0 Å². The van der Waals surface area contributed by atoms with Crippen LogP contribution in [0, 0.1) is 0 Å². The highest BCUT2D eigenvalue weighted by molar-refractivity contribution is 8.34. The van der Waals surface area contributed by atoms with Crippen LogP contribution >= 0.6 is 10.0 Å². The van der Waals surface area contributed by atoms with Gasteiger partial charge in [-0.2, -0.15) is 0 Å². The van der Waals surface area contributed by atoms with E-state index in [4.69, 9.17) is 0 Å². The number of aromatic nitrogens is 2. The van der Waals surface area contributed by atoms with Gasteiger partial charge in [0.25, 0.3) is 0 Å². The van der Waals surface area contributed by atoms with Crippen molar-refractivity contribution < 1.29 is 0 Å². The molecule has 96 heavy (non-hydrogen) atoms. The first-order chi connectivity index (χ1) is 47.7. The van der Waals surface area contributed by atoms with Crippen molar-refractivity contribution in [3.05, 3.63) is 376 Å². The summed E-state index contributed by atoms with van der Waals surface area (Å²) in [4.78, 5) is 10.1. The summed E-state index contributed by atoms with van der Waals surface area (Å²) in [5.41, 5.74) is 13.8. The van der Waals surface area contributed by atoms with Crippen molar-refractivity contribution in [3.63, 3.8) is 0 Å². The Morgan fingerprint density at radius 3 is 0.885 bits per heavy atom. The van der Waals surface area contributed by atoms with E-state index in [0.29, 0.717) is 0 Å². The first-order valence-electron chi connectivity index (χ1n) is 33.1. The Kier molecular flexibility index (Phi) is 13.0. The summed E-state index contributed by atoms with van der Waals surface area (Å²) in [7, 11) is -5.03. The van der Waals surface area contributed by atoms with Gasteiger partial charge in [0.1, 0.15) is 0 Å². The Labute approximate surface area is 559 Å². The molecule has 0 saturated heterocycles. The second kappa shape index (κ2) is 22.4. The van der Waals surface area contributed by atoms with Crippen molar-refractivity contribution in [2.45, 2.75) is 19.6 Å². The predicted octanol–water partition coefficient (Wildman–Crippen LogP) is 21.6. The molecule has 452 valence electrons. The normalized spacial score (nSPS) is 12.3. The number of hydrogen-bond donors (Lipinski definition) is 0. The molecule has 15 aromatic carbocycles. The predicted molar refractivity (Wildman–Crippen MR) is 409 cm³/mol. The van der Waals surface area contributed by atoms with E-state index in [0.717, 1.165) is 34.1 Å². The summed E-state index contributed by atoms with van der Waals surface area (Å²) in [5.74, 6) is 0. The Bertz CT molecular complexity index is 5390. The van der Waals surface area contributed by atoms with Gasteiger partial charge < -0.3 is 18.6 Å². The lowest BCUT2D eigenvalue weighted by molar-refractivity contribution is 1.24. The molecule has 4 nitrogen and oxygen atoms in total. The largest absolute Gasteiger partial charge is 0.310 e. The number of anilines is 6. The lowest BCUT2D eigenvalue weighted by Gasteiger charge is -2.42. The molecule has 4 aromatic heterocycles. The average Bonchev–Trinajstić information content (AvgIpc) is 1.50. The van der Waals surface area contributed by atoms with Gasteiger partial charge in [0.15, 0.2) is 8.07 Å². The van der Waals surface area contributed by atoms with Gasteiger partial charge in [-0.25, -0.2) is 0 Å². The van der Waals surface area contributed by atoms with Crippen LogP contribution in [0.5, 0.6) is 0 Å². The van der Waals surface area contributed by atoms with Crippen LogP contribution in [-0.2, 0) is 0 Å². The zero-order chi connectivity index (χ0) is 63.3. The van der Waals surface area contributed by atoms with Crippen LogP contribution in [0.3, 0.4) is 0 Å².